The number of alkyl halides is 3. The van der Waals surface area contributed by atoms with Crippen molar-refractivity contribution >= 4 is 0 Å². The summed E-state index contributed by atoms with van der Waals surface area (Å²) in [6.45, 7) is 2.86. The van der Waals surface area contributed by atoms with Gasteiger partial charge in [-0.2, -0.15) is 0 Å². The van der Waals surface area contributed by atoms with Gasteiger partial charge in [0.2, 0.25) is 0 Å². The SMILES string of the molecule is CC1CCCC(CN)(Cc2ccc(OC(F)(F)F)cc2)C1. The molecule has 1 aliphatic carbocycles. The Bertz CT molecular complexity index is 458. The van der Waals surface area contributed by atoms with Crippen LogP contribution >= 0.6 is 0 Å². The molecule has 0 bridgehead atoms. The van der Waals surface area contributed by atoms with Gasteiger partial charge in [-0.1, -0.05) is 31.9 Å². The van der Waals surface area contributed by atoms with Crippen LogP contribution in [0.5, 0.6) is 5.75 Å². The molecule has 0 radical (unpaired) electrons. The van der Waals surface area contributed by atoms with E-state index >= 15 is 0 Å². The smallest absolute Gasteiger partial charge is 0.406 e. The first-order valence-electron chi connectivity index (χ1n) is 7.37. The third-order valence-corrected chi connectivity index (χ3v) is 4.35. The van der Waals surface area contributed by atoms with Crippen molar-refractivity contribution in [3.63, 3.8) is 0 Å². The first-order valence-corrected chi connectivity index (χ1v) is 7.37. The van der Waals surface area contributed by atoms with Gasteiger partial charge in [0.25, 0.3) is 0 Å². The Hall–Kier alpha value is -1.23. The van der Waals surface area contributed by atoms with Gasteiger partial charge in [-0.3, -0.25) is 0 Å². The lowest BCUT2D eigenvalue weighted by Crippen LogP contribution is -2.37. The van der Waals surface area contributed by atoms with Gasteiger partial charge in [0.15, 0.2) is 0 Å². The van der Waals surface area contributed by atoms with E-state index in [4.69, 9.17) is 5.73 Å². The zero-order valence-electron chi connectivity index (χ0n) is 12.2. The molecule has 1 saturated carbocycles. The number of ether oxygens (including phenoxy) is 1. The first kappa shape index (κ1) is 16.1. The van der Waals surface area contributed by atoms with Crippen molar-refractivity contribution in [3.05, 3.63) is 29.8 Å². The van der Waals surface area contributed by atoms with Crippen LogP contribution in [-0.2, 0) is 6.42 Å². The van der Waals surface area contributed by atoms with Crippen molar-refractivity contribution in [2.24, 2.45) is 17.1 Å². The lowest BCUT2D eigenvalue weighted by Gasteiger charge is -2.39. The molecule has 0 heterocycles. The highest BCUT2D eigenvalue weighted by Gasteiger charge is 2.34. The lowest BCUT2D eigenvalue weighted by molar-refractivity contribution is -0.274. The minimum atomic E-state index is -4.64. The van der Waals surface area contributed by atoms with Crippen LogP contribution < -0.4 is 10.5 Å². The van der Waals surface area contributed by atoms with Crippen LogP contribution in [0.2, 0.25) is 0 Å². The average Bonchev–Trinajstić information content (AvgIpc) is 2.39. The van der Waals surface area contributed by atoms with Crippen molar-refractivity contribution in [1.29, 1.82) is 0 Å². The second-order valence-electron chi connectivity index (χ2n) is 6.27. The number of rotatable bonds is 4. The Labute approximate surface area is 123 Å². The van der Waals surface area contributed by atoms with Crippen LogP contribution in [0, 0.1) is 11.3 Å². The highest BCUT2D eigenvalue weighted by molar-refractivity contribution is 5.28. The minimum Gasteiger partial charge on any atom is -0.406 e. The quantitative estimate of drug-likeness (QED) is 0.900. The maximum absolute atomic E-state index is 12.1. The molecule has 0 saturated heterocycles. The number of hydrogen-bond acceptors (Lipinski definition) is 2. The Balaban J connectivity index is 2.05. The largest absolute Gasteiger partial charge is 0.573 e. The summed E-state index contributed by atoms with van der Waals surface area (Å²) in [6, 6.07) is 6.16. The lowest BCUT2D eigenvalue weighted by atomic mass is 9.67. The van der Waals surface area contributed by atoms with Gasteiger partial charge >= 0.3 is 6.36 Å². The molecule has 1 aromatic rings. The molecule has 2 atom stereocenters. The molecule has 0 amide bonds. The number of nitrogens with two attached hydrogens (primary N) is 1. The predicted octanol–water partition coefficient (Wildman–Crippen LogP) is 4.28. The molecule has 2 nitrogen and oxygen atoms in total. The molecular formula is C16H22F3NO. The summed E-state index contributed by atoms with van der Waals surface area (Å²) >= 11 is 0. The summed E-state index contributed by atoms with van der Waals surface area (Å²) in [5.41, 5.74) is 7.09. The highest BCUT2D eigenvalue weighted by Crippen LogP contribution is 2.41. The van der Waals surface area contributed by atoms with E-state index in [0.717, 1.165) is 24.8 Å². The van der Waals surface area contributed by atoms with Crippen LogP contribution in [0.1, 0.15) is 38.2 Å². The van der Waals surface area contributed by atoms with Gasteiger partial charge in [0.1, 0.15) is 5.75 Å². The Morgan fingerprint density at radius 1 is 1.29 bits per heavy atom. The maximum Gasteiger partial charge on any atom is 0.573 e. The summed E-state index contributed by atoms with van der Waals surface area (Å²) in [5.74, 6) is 0.486. The molecule has 5 heteroatoms. The Kier molecular flexibility index (Phi) is 4.81. The molecule has 0 aliphatic heterocycles. The summed E-state index contributed by atoms with van der Waals surface area (Å²) in [7, 11) is 0. The third-order valence-electron chi connectivity index (χ3n) is 4.35. The number of benzene rings is 1. The van der Waals surface area contributed by atoms with Crippen molar-refractivity contribution in [1.82, 2.24) is 0 Å². The van der Waals surface area contributed by atoms with E-state index in [-0.39, 0.29) is 11.2 Å². The summed E-state index contributed by atoms with van der Waals surface area (Å²) in [5, 5.41) is 0. The van der Waals surface area contributed by atoms with Gasteiger partial charge in [-0.05, 0) is 54.8 Å². The molecule has 0 spiro atoms. The van der Waals surface area contributed by atoms with Crippen LogP contribution in [0.25, 0.3) is 0 Å². The van der Waals surface area contributed by atoms with Gasteiger partial charge < -0.3 is 10.5 Å². The zero-order chi connectivity index (χ0) is 15.5. The number of hydrogen-bond donors (Lipinski definition) is 1. The van der Waals surface area contributed by atoms with Crippen molar-refractivity contribution < 1.29 is 17.9 Å². The second-order valence-corrected chi connectivity index (χ2v) is 6.27. The molecule has 21 heavy (non-hydrogen) atoms. The van der Waals surface area contributed by atoms with Crippen molar-refractivity contribution in [2.45, 2.75) is 45.4 Å². The molecule has 118 valence electrons. The summed E-state index contributed by atoms with van der Waals surface area (Å²) < 4.78 is 40.3. The molecule has 1 aromatic carbocycles. The predicted molar refractivity (Wildman–Crippen MR) is 75.9 cm³/mol. The van der Waals surface area contributed by atoms with Crippen LogP contribution in [0.15, 0.2) is 24.3 Å². The molecule has 0 aromatic heterocycles. The van der Waals surface area contributed by atoms with Crippen LogP contribution in [-0.4, -0.2) is 12.9 Å². The minimum absolute atomic E-state index is 0.0874. The fraction of sp³-hybridized carbons (Fsp3) is 0.625. The summed E-state index contributed by atoms with van der Waals surface area (Å²) in [4.78, 5) is 0. The monoisotopic (exact) mass is 301 g/mol. The van der Waals surface area contributed by atoms with Crippen LogP contribution in [0.4, 0.5) is 13.2 Å². The standard InChI is InChI=1S/C16H22F3NO/c1-12-3-2-8-15(9-12,11-20)10-13-4-6-14(7-5-13)21-16(17,18)19/h4-7,12H,2-3,8-11,20H2,1H3. The van der Waals surface area contributed by atoms with Gasteiger partial charge in [-0.15, -0.1) is 13.2 Å². The van der Waals surface area contributed by atoms with E-state index in [1.807, 2.05) is 0 Å². The molecule has 1 aliphatic rings. The molecule has 2 unspecified atom stereocenters. The topological polar surface area (TPSA) is 35.2 Å². The fourth-order valence-corrected chi connectivity index (χ4v) is 3.43. The van der Waals surface area contributed by atoms with E-state index in [9.17, 15) is 13.2 Å². The highest BCUT2D eigenvalue weighted by atomic mass is 19.4. The molecule has 2 N–H and O–H groups in total. The normalized spacial score (nSPS) is 26.6. The molecule has 2 rings (SSSR count). The van der Waals surface area contributed by atoms with Crippen molar-refractivity contribution in [2.75, 3.05) is 6.54 Å². The van der Waals surface area contributed by atoms with Gasteiger partial charge in [-0.25, -0.2) is 0 Å². The average molecular weight is 301 g/mol. The van der Waals surface area contributed by atoms with Crippen LogP contribution in [0.3, 0.4) is 0 Å². The first-order chi connectivity index (χ1) is 9.82. The van der Waals surface area contributed by atoms with E-state index in [2.05, 4.69) is 11.7 Å². The van der Waals surface area contributed by atoms with E-state index < -0.39 is 6.36 Å². The van der Waals surface area contributed by atoms with Gasteiger partial charge in [0.05, 0.1) is 0 Å². The van der Waals surface area contributed by atoms with E-state index in [1.54, 1.807) is 12.1 Å². The Morgan fingerprint density at radius 2 is 1.95 bits per heavy atom. The van der Waals surface area contributed by atoms with Crippen molar-refractivity contribution in [3.8, 4) is 5.75 Å². The van der Waals surface area contributed by atoms with E-state index in [0.29, 0.717) is 12.5 Å². The third kappa shape index (κ3) is 4.63. The number of halogens is 3. The Morgan fingerprint density at radius 3 is 2.48 bits per heavy atom. The maximum atomic E-state index is 12.1. The fourth-order valence-electron chi connectivity index (χ4n) is 3.43. The van der Waals surface area contributed by atoms with Gasteiger partial charge in [0, 0.05) is 0 Å². The summed E-state index contributed by atoms with van der Waals surface area (Å²) in [6.07, 6.45) is 0.769. The van der Waals surface area contributed by atoms with E-state index in [1.165, 1.54) is 25.0 Å². The molecular weight excluding hydrogens is 279 g/mol. The molecule has 1 fully saturated rings. The zero-order valence-corrected chi connectivity index (χ0v) is 12.2. The second kappa shape index (κ2) is 6.26.